The van der Waals surface area contributed by atoms with Gasteiger partial charge in [-0.25, -0.2) is 9.78 Å². The van der Waals surface area contributed by atoms with Gasteiger partial charge in [-0.1, -0.05) is 18.2 Å². The summed E-state index contributed by atoms with van der Waals surface area (Å²) in [5, 5.41) is 17.4. The summed E-state index contributed by atoms with van der Waals surface area (Å²) in [5.74, 6) is -5.75. The predicted octanol–water partition coefficient (Wildman–Crippen LogP) is -2.32. The topological polar surface area (TPSA) is 281 Å². The molecule has 16 nitrogen and oxygen atoms in total. The normalized spacial score (nSPS) is 13.8. The van der Waals surface area contributed by atoms with Gasteiger partial charge in [0.2, 0.25) is 29.5 Å². The molecular weight excluding hydrogens is 550 g/mol. The molecule has 0 aliphatic rings. The maximum Gasteiger partial charge on any atom is 0.326 e. The lowest BCUT2D eigenvalue weighted by atomic mass is 10.0. The summed E-state index contributed by atoms with van der Waals surface area (Å²) < 4.78 is 0. The second kappa shape index (κ2) is 14.4. The van der Waals surface area contributed by atoms with Crippen molar-refractivity contribution in [1.29, 1.82) is 0 Å². The Morgan fingerprint density at radius 3 is 2.17 bits per heavy atom. The first-order valence-electron chi connectivity index (χ1n) is 12.9. The van der Waals surface area contributed by atoms with Crippen LogP contribution in [0.15, 0.2) is 43.0 Å². The van der Waals surface area contributed by atoms with E-state index < -0.39 is 66.1 Å². The molecule has 224 valence electrons. The van der Waals surface area contributed by atoms with Gasteiger partial charge in [0.15, 0.2) is 0 Å². The number of aliphatic carboxylic acids is 1. The van der Waals surface area contributed by atoms with Crippen LogP contribution in [-0.2, 0) is 41.6 Å². The first-order valence-corrected chi connectivity index (χ1v) is 12.9. The Morgan fingerprint density at radius 1 is 0.857 bits per heavy atom. The molecule has 3 rings (SSSR count). The Morgan fingerprint density at radius 2 is 1.52 bits per heavy atom. The third-order valence-corrected chi connectivity index (χ3v) is 6.40. The minimum Gasteiger partial charge on any atom is -0.480 e. The van der Waals surface area contributed by atoms with Gasteiger partial charge in [0, 0.05) is 48.3 Å². The number of nitrogens with two attached hydrogens (primary N) is 3. The van der Waals surface area contributed by atoms with E-state index >= 15 is 0 Å². The molecule has 0 aliphatic carbocycles. The number of hydrogen-bond acceptors (Lipinski definition) is 8. The van der Waals surface area contributed by atoms with E-state index in [0.29, 0.717) is 11.3 Å². The summed E-state index contributed by atoms with van der Waals surface area (Å²) in [4.78, 5) is 83.6. The van der Waals surface area contributed by atoms with E-state index in [2.05, 4.69) is 30.9 Å². The molecule has 0 radical (unpaired) electrons. The van der Waals surface area contributed by atoms with Crippen LogP contribution < -0.4 is 33.2 Å². The monoisotopic (exact) mass is 583 g/mol. The minimum absolute atomic E-state index is 0.0120. The fraction of sp³-hybridized carbons (Fsp3) is 0.346. The van der Waals surface area contributed by atoms with Gasteiger partial charge in [0.1, 0.15) is 18.1 Å². The van der Waals surface area contributed by atoms with E-state index in [4.69, 9.17) is 17.2 Å². The summed E-state index contributed by atoms with van der Waals surface area (Å²) in [6.07, 6.45) is 3.39. The first-order chi connectivity index (χ1) is 19.9. The molecule has 2 aromatic heterocycles. The molecule has 2 heterocycles. The molecule has 4 unspecified atom stereocenters. The van der Waals surface area contributed by atoms with Gasteiger partial charge < -0.3 is 48.2 Å². The first kappa shape index (κ1) is 31.3. The molecule has 0 aliphatic heterocycles. The van der Waals surface area contributed by atoms with Crippen molar-refractivity contribution >= 4 is 46.4 Å². The van der Waals surface area contributed by atoms with Crippen molar-refractivity contribution in [3.05, 3.63) is 54.2 Å². The maximum absolute atomic E-state index is 13.6. The molecule has 42 heavy (non-hydrogen) atoms. The molecular formula is C26H33N9O7. The Balaban J connectivity index is 1.84. The molecule has 16 heteroatoms. The van der Waals surface area contributed by atoms with Crippen molar-refractivity contribution in [2.24, 2.45) is 17.2 Å². The number of carboxylic acids is 1. The third kappa shape index (κ3) is 8.88. The minimum atomic E-state index is -1.68. The summed E-state index contributed by atoms with van der Waals surface area (Å²) in [6, 6.07) is 1.89. The predicted molar refractivity (Wildman–Crippen MR) is 148 cm³/mol. The SMILES string of the molecule is NC(=O)CCC(NC(=O)C(Cc1c[nH]c2ccccc12)NC(=O)C(N)Cc1cnc[nH]1)C(=O)NC(CC(N)=O)C(=O)O. The van der Waals surface area contributed by atoms with E-state index in [-0.39, 0.29) is 25.7 Å². The highest BCUT2D eigenvalue weighted by Crippen LogP contribution is 2.19. The number of H-pyrrole nitrogens is 2. The van der Waals surface area contributed by atoms with Crippen LogP contribution in [0.25, 0.3) is 10.9 Å². The number of para-hydroxylation sites is 1. The van der Waals surface area contributed by atoms with E-state index in [0.717, 1.165) is 10.9 Å². The van der Waals surface area contributed by atoms with Crippen LogP contribution in [-0.4, -0.2) is 79.7 Å². The van der Waals surface area contributed by atoms with Gasteiger partial charge in [-0.2, -0.15) is 0 Å². The van der Waals surface area contributed by atoms with Crippen LogP contribution in [0.4, 0.5) is 0 Å². The van der Waals surface area contributed by atoms with Crippen molar-refractivity contribution in [1.82, 2.24) is 30.9 Å². The van der Waals surface area contributed by atoms with Gasteiger partial charge in [-0.05, 0) is 18.1 Å². The molecule has 5 amide bonds. The molecule has 1 aromatic carbocycles. The highest BCUT2D eigenvalue weighted by atomic mass is 16.4. The number of carboxylic acid groups (broad SMARTS) is 1. The van der Waals surface area contributed by atoms with Crippen LogP contribution >= 0.6 is 0 Å². The number of amides is 5. The smallest absolute Gasteiger partial charge is 0.326 e. The molecule has 0 fully saturated rings. The van der Waals surface area contributed by atoms with Gasteiger partial charge in [0.25, 0.3) is 0 Å². The highest BCUT2D eigenvalue weighted by Gasteiger charge is 2.31. The van der Waals surface area contributed by atoms with Gasteiger partial charge in [0.05, 0.1) is 18.8 Å². The number of benzene rings is 1. The van der Waals surface area contributed by atoms with E-state index in [9.17, 15) is 33.9 Å². The van der Waals surface area contributed by atoms with Crippen LogP contribution in [0.3, 0.4) is 0 Å². The summed E-state index contributed by atoms with van der Waals surface area (Å²) >= 11 is 0. The van der Waals surface area contributed by atoms with Gasteiger partial charge in [-0.3, -0.25) is 24.0 Å². The molecule has 3 aromatic rings. The van der Waals surface area contributed by atoms with Gasteiger partial charge in [-0.15, -0.1) is 0 Å². The van der Waals surface area contributed by atoms with Gasteiger partial charge >= 0.3 is 5.97 Å². The van der Waals surface area contributed by atoms with Crippen LogP contribution in [0, 0.1) is 0 Å². The maximum atomic E-state index is 13.6. The number of primary amides is 2. The Labute approximate surface area is 239 Å². The lowest BCUT2D eigenvalue weighted by Gasteiger charge is -2.25. The molecule has 4 atom stereocenters. The molecule has 0 saturated carbocycles. The number of imidazole rings is 1. The fourth-order valence-electron chi connectivity index (χ4n) is 4.24. The number of fused-ring (bicyclic) bond motifs is 1. The lowest BCUT2D eigenvalue weighted by Crippen LogP contribution is -2.58. The average molecular weight is 584 g/mol. The number of carbonyl (C=O) groups is 6. The molecule has 0 bridgehead atoms. The summed E-state index contributed by atoms with van der Waals surface area (Å²) in [5.41, 5.74) is 18.4. The second-order valence-electron chi connectivity index (χ2n) is 9.65. The van der Waals surface area contributed by atoms with Crippen LogP contribution in [0.2, 0.25) is 0 Å². The Bertz CT molecular complexity index is 1440. The van der Waals surface area contributed by atoms with Crippen LogP contribution in [0.5, 0.6) is 0 Å². The number of carbonyl (C=O) groups excluding carboxylic acids is 5. The fourth-order valence-corrected chi connectivity index (χ4v) is 4.24. The number of nitrogens with zero attached hydrogens (tertiary/aromatic N) is 1. The number of rotatable bonds is 16. The van der Waals surface area contributed by atoms with E-state index in [1.54, 1.807) is 6.20 Å². The number of aromatic nitrogens is 3. The quantitative estimate of drug-likeness (QED) is 0.0874. The van der Waals surface area contributed by atoms with Crippen LogP contribution in [0.1, 0.15) is 30.5 Å². The number of nitrogens with one attached hydrogen (secondary N) is 5. The van der Waals surface area contributed by atoms with Crippen molar-refractivity contribution in [2.75, 3.05) is 0 Å². The summed E-state index contributed by atoms with van der Waals surface area (Å²) in [7, 11) is 0. The zero-order chi connectivity index (χ0) is 30.8. The van der Waals surface area contributed by atoms with Crippen molar-refractivity contribution in [2.45, 2.75) is 56.3 Å². The van der Waals surface area contributed by atoms with Crippen molar-refractivity contribution in [3.63, 3.8) is 0 Å². The zero-order valence-electron chi connectivity index (χ0n) is 22.5. The molecule has 0 saturated heterocycles. The average Bonchev–Trinajstić information content (AvgIpc) is 3.59. The van der Waals surface area contributed by atoms with Crippen molar-refractivity contribution < 1.29 is 33.9 Å². The van der Waals surface area contributed by atoms with E-state index in [1.807, 2.05) is 24.3 Å². The van der Waals surface area contributed by atoms with Crippen molar-refractivity contribution in [3.8, 4) is 0 Å². The standard InChI is InChI=1S/C26H33N9O7/c27-16(8-14-11-30-12-32-14)23(38)34-19(7-13-10-31-17-4-2-1-3-15(13)17)25(40)33-18(5-6-21(28)36)24(39)35-20(26(41)42)9-22(29)37/h1-4,10-12,16,18-20,31H,5-9,27H2,(H2,28,36)(H2,29,37)(H,30,32)(H,33,40)(H,34,38)(H,35,39)(H,41,42). The molecule has 12 N–H and O–H groups in total. The lowest BCUT2D eigenvalue weighted by molar-refractivity contribution is -0.144. The largest absolute Gasteiger partial charge is 0.480 e. The Hall–Kier alpha value is -5.25. The third-order valence-electron chi connectivity index (χ3n) is 6.40. The Kier molecular flexibility index (Phi) is 10.7. The number of aromatic amines is 2. The summed E-state index contributed by atoms with van der Waals surface area (Å²) in [6.45, 7) is 0. The second-order valence-corrected chi connectivity index (χ2v) is 9.65. The number of hydrogen-bond donors (Lipinski definition) is 9. The zero-order valence-corrected chi connectivity index (χ0v) is 22.5. The molecule has 0 spiro atoms. The van der Waals surface area contributed by atoms with E-state index in [1.165, 1.54) is 12.5 Å². The highest BCUT2D eigenvalue weighted by molar-refractivity contribution is 5.95.